The molecule has 6 rings (SSSR count). The average Bonchev–Trinajstić information content (AvgIpc) is 3.55. The van der Waals surface area contributed by atoms with Crippen LogP contribution < -0.4 is 14.4 Å². The summed E-state index contributed by atoms with van der Waals surface area (Å²) in [7, 11) is 3.23. The summed E-state index contributed by atoms with van der Waals surface area (Å²) in [5, 5.41) is 4.44. The van der Waals surface area contributed by atoms with E-state index in [-0.39, 0.29) is 47.5 Å². The van der Waals surface area contributed by atoms with Crippen molar-refractivity contribution in [2.75, 3.05) is 19.1 Å². The van der Waals surface area contributed by atoms with Crippen LogP contribution >= 0.6 is 0 Å². The van der Waals surface area contributed by atoms with Gasteiger partial charge in [-0.1, -0.05) is 23.4 Å². The summed E-state index contributed by atoms with van der Waals surface area (Å²) in [4.78, 5) is 34.7. The number of hydrogen-bond acceptors (Lipinski definition) is 6. The predicted octanol–water partition coefficient (Wildman–Crippen LogP) is 3.50. The van der Waals surface area contributed by atoms with Crippen LogP contribution in [0.15, 0.2) is 41.6 Å². The molecule has 0 radical (unpaired) electrons. The molecule has 2 heterocycles. The van der Waals surface area contributed by atoms with Crippen molar-refractivity contribution < 1.29 is 23.9 Å². The number of amides is 2. The standard InChI is InChI=1S/C26H26N2O5/c1-12-6-5-7-13(2)23(12)28-25(29)19-16-11-17(20(19)26(28)30)24-21(16)22(27-33-24)15-9-8-14(31-3)10-18(15)32-4/h5-10,16-17,19-21,24H,11H2,1-4H3/t16-,17+,19+,20+,21+,24-/m1/s1. The van der Waals surface area contributed by atoms with Gasteiger partial charge in [0, 0.05) is 23.5 Å². The van der Waals surface area contributed by atoms with Crippen molar-refractivity contribution in [3.05, 3.63) is 53.1 Å². The second-order valence-corrected chi connectivity index (χ2v) is 9.51. The maximum atomic E-state index is 13.7. The Kier molecular flexibility index (Phi) is 4.34. The number of ether oxygens (including phenoxy) is 2. The van der Waals surface area contributed by atoms with E-state index in [4.69, 9.17) is 14.3 Å². The van der Waals surface area contributed by atoms with Gasteiger partial charge < -0.3 is 14.3 Å². The van der Waals surface area contributed by atoms with Crippen LogP contribution in [0.25, 0.3) is 0 Å². The molecule has 7 nitrogen and oxygen atoms in total. The molecule has 6 atom stereocenters. The first-order valence-electron chi connectivity index (χ1n) is 11.4. The zero-order valence-corrected chi connectivity index (χ0v) is 19.1. The second kappa shape index (κ2) is 7.07. The molecule has 33 heavy (non-hydrogen) atoms. The van der Waals surface area contributed by atoms with E-state index in [9.17, 15) is 9.59 Å². The van der Waals surface area contributed by atoms with E-state index in [2.05, 4.69) is 5.16 Å². The maximum absolute atomic E-state index is 13.7. The molecule has 2 amide bonds. The van der Waals surface area contributed by atoms with Gasteiger partial charge in [0.15, 0.2) is 0 Å². The molecule has 3 fully saturated rings. The van der Waals surface area contributed by atoms with Crippen LogP contribution in [0.1, 0.15) is 23.1 Å². The molecule has 7 heteroatoms. The number of anilines is 1. The lowest BCUT2D eigenvalue weighted by Crippen LogP contribution is -2.41. The van der Waals surface area contributed by atoms with Gasteiger partial charge in [0.25, 0.3) is 0 Å². The van der Waals surface area contributed by atoms with Gasteiger partial charge in [0.2, 0.25) is 11.8 Å². The van der Waals surface area contributed by atoms with Crippen molar-refractivity contribution in [1.82, 2.24) is 0 Å². The quantitative estimate of drug-likeness (QED) is 0.672. The topological polar surface area (TPSA) is 77.4 Å². The van der Waals surface area contributed by atoms with Crippen molar-refractivity contribution in [2.45, 2.75) is 26.4 Å². The maximum Gasteiger partial charge on any atom is 0.238 e. The first kappa shape index (κ1) is 20.3. The van der Waals surface area contributed by atoms with Crippen LogP contribution in [-0.4, -0.2) is 37.8 Å². The lowest BCUT2D eigenvalue weighted by Gasteiger charge is -2.30. The summed E-state index contributed by atoms with van der Waals surface area (Å²) in [6, 6.07) is 11.5. The van der Waals surface area contributed by atoms with E-state index >= 15 is 0 Å². The smallest absolute Gasteiger partial charge is 0.238 e. The third kappa shape index (κ3) is 2.59. The highest BCUT2D eigenvalue weighted by Gasteiger charge is 2.70. The highest BCUT2D eigenvalue weighted by molar-refractivity contribution is 6.23. The average molecular weight is 447 g/mol. The van der Waals surface area contributed by atoms with Gasteiger partial charge in [0.05, 0.1) is 37.5 Å². The number of oxime groups is 1. The Morgan fingerprint density at radius 1 is 0.939 bits per heavy atom. The van der Waals surface area contributed by atoms with Crippen LogP contribution in [0.5, 0.6) is 11.5 Å². The summed E-state index contributed by atoms with van der Waals surface area (Å²) in [6.45, 7) is 3.90. The number of carbonyl (C=O) groups is 2. The summed E-state index contributed by atoms with van der Waals surface area (Å²) in [6.07, 6.45) is 0.618. The molecular weight excluding hydrogens is 420 g/mol. The Bertz CT molecular complexity index is 1200. The number of rotatable bonds is 4. The zero-order chi connectivity index (χ0) is 23.0. The summed E-state index contributed by atoms with van der Waals surface area (Å²) < 4.78 is 10.9. The fraction of sp³-hybridized carbons (Fsp3) is 0.423. The minimum atomic E-state index is -0.338. The van der Waals surface area contributed by atoms with E-state index in [1.54, 1.807) is 14.2 Å². The molecular formula is C26H26N2O5. The molecule has 2 saturated carbocycles. The van der Waals surface area contributed by atoms with Gasteiger partial charge in [-0.05, 0) is 49.4 Å². The van der Waals surface area contributed by atoms with Crippen molar-refractivity contribution in [3.63, 3.8) is 0 Å². The van der Waals surface area contributed by atoms with Crippen LogP contribution in [0.3, 0.4) is 0 Å². The van der Waals surface area contributed by atoms with E-state index in [1.807, 2.05) is 50.2 Å². The van der Waals surface area contributed by atoms with Gasteiger partial charge in [-0.15, -0.1) is 0 Å². The lowest BCUT2D eigenvalue weighted by molar-refractivity contribution is -0.125. The first-order chi connectivity index (χ1) is 16.0. The molecule has 2 aliphatic carbocycles. The third-order valence-corrected chi connectivity index (χ3v) is 8.04. The van der Waals surface area contributed by atoms with Gasteiger partial charge in [0.1, 0.15) is 17.6 Å². The van der Waals surface area contributed by atoms with Crippen LogP contribution in [0, 0.1) is 43.4 Å². The molecule has 2 aliphatic heterocycles. The fourth-order valence-electron chi connectivity index (χ4n) is 6.74. The fourth-order valence-corrected chi connectivity index (χ4v) is 6.74. The van der Waals surface area contributed by atoms with Crippen LogP contribution in [0.4, 0.5) is 5.69 Å². The number of methoxy groups -OCH3 is 2. The Balaban J connectivity index is 1.37. The number of nitrogens with zero attached hydrogens (tertiary/aromatic N) is 2. The molecule has 0 unspecified atom stereocenters. The number of aryl methyl sites for hydroxylation is 2. The Morgan fingerprint density at radius 2 is 1.64 bits per heavy atom. The highest BCUT2D eigenvalue weighted by Crippen LogP contribution is 2.62. The second-order valence-electron chi connectivity index (χ2n) is 9.51. The van der Waals surface area contributed by atoms with Gasteiger partial charge in [-0.3, -0.25) is 9.59 Å². The van der Waals surface area contributed by atoms with E-state index < -0.39 is 0 Å². The molecule has 4 aliphatic rings. The number of imide groups is 1. The van der Waals surface area contributed by atoms with Gasteiger partial charge in [-0.2, -0.15) is 0 Å². The molecule has 0 N–H and O–H groups in total. The monoisotopic (exact) mass is 446 g/mol. The molecule has 2 aromatic rings. The number of para-hydroxylation sites is 1. The molecule has 2 aromatic carbocycles. The number of carbonyl (C=O) groups excluding carboxylic acids is 2. The summed E-state index contributed by atoms with van der Waals surface area (Å²) in [5.74, 6) is 0.476. The highest BCUT2D eigenvalue weighted by atomic mass is 16.6. The molecule has 0 spiro atoms. The minimum Gasteiger partial charge on any atom is -0.497 e. The van der Waals surface area contributed by atoms with Crippen molar-refractivity contribution in [3.8, 4) is 11.5 Å². The normalized spacial score (nSPS) is 31.4. The number of hydrogen-bond donors (Lipinski definition) is 0. The molecule has 1 saturated heterocycles. The molecule has 170 valence electrons. The van der Waals surface area contributed by atoms with E-state index in [0.717, 1.165) is 34.5 Å². The summed E-state index contributed by atoms with van der Waals surface area (Å²) in [5.41, 5.74) is 4.25. The van der Waals surface area contributed by atoms with Gasteiger partial charge >= 0.3 is 0 Å². The van der Waals surface area contributed by atoms with Crippen molar-refractivity contribution in [2.24, 2.45) is 34.7 Å². The first-order valence-corrected chi connectivity index (χ1v) is 11.4. The Morgan fingerprint density at radius 3 is 2.30 bits per heavy atom. The number of benzene rings is 2. The Labute approximate surface area is 192 Å². The molecule has 0 aromatic heterocycles. The largest absolute Gasteiger partial charge is 0.497 e. The zero-order valence-electron chi connectivity index (χ0n) is 19.1. The summed E-state index contributed by atoms with van der Waals surface area (Å²) >= 11 is 0. The number of fused-ring (bicyclic) bond motifs is 8. The van der Waals surface area contributed by atoms with Crippen LogP contribution in [-0.2, 0) is 14.4 Å². The molecule has 2 bridgehead atoms. The minimum absolute atomic E-state index is 0.0127. The van der Waals surface area contributed by atoms with Crippen LogP contribution in [0.2, 0.25) is 0 Å². The van der Waals surface area contributed by atoms with E-state index in [1.165, 1.54) is 4.90 Å². The van der Waals surface area contributed by atoms with Crippen molar-refractivity contribution >= 4 is 23.2 Å². The lowest BCUT2D eigenvalue weighted by atomic mass is 9.71. The van der Waals surface area contributed by atoms with E-state index in [0.29, 0.717) is 11.5 Å². The van der Waals surface area contributed by atoms with Crippen molar-refractivity contribution in [1.29, 1.82) is 0 Å². The SMILES string of the molecule is COc1ccc(C2=NO[C@@H]3[C@H]4C[C@@H]([C@@H]23)[C@@H]2C(=O)N(c3c(C)cccc3C)C(=O)[C@@H]42)c(OC)c1. The van der Waals surface area contributed by atoms with Gasteiger partial charge in [-0.25, -0.2) is 4.90 Å². The predicted molar refractivity (Wildman–Crippen MR) is 121 cm³/mol. The third-order valence-electron chi connectivity index (χ3n) is 8.04. The Hall–Kier alpha value is -3.35.